The van der Waals surface area contributed by atoms with E-state index in [0.717, 1.165) is 12.8 Å². The Kier molecular flexibility index (Phi) is 4.84. The third kappa shape index (κ3) is 3.72. The minimum atomic E-state index is -0.241. The number of hydrogen-bond donors (Lipinski definition) is 0. The van der Waals surface area contributed by atoms with E-state index in [1.165, 1.54) is 6.08 Å². The van der Waals surface area contributed by atoms with E-state index in [9.17, 15) is 9.59 Å². The monoisotopic (exact) mass is 212 g/mol. The first-order chi connectivity index (χ1) is 7.27. The van der Waals surface area contributed by atoms with Crippen LogP contribution in [-0.4, -0.2) is 43.3 Å². The molecule has 0 N–H and O–H groups in total. The molecular formula is C10H16N2O3. The molecule has 0 aromatic carbocycles. The van der Waals surface area contributed by atoms with Gasteiger partial charge >= 0.3 is 6.09 Å². The highest BCUT2D eigenvalue weighted by atomic mass is 16.6. The number of ether oxygens (including phenoxy) is 1. The van der Waals surface area contributed by atoms with Crippen LogP contribution in [0.25, 0.3) is 0 Å². The molecule has 0 spiro atoms. The topological polar surface area (TPSA) is 59.0 Å². The van der Waals surface area contributed by atoms with Gasteiger partial charge in [-0.05, 0) is 25.7 Å². The Bertz CT molecular complexity index is 253. The van der Waals surface area contributed by atoms with Gasteiger partial charge in [0.2, 0.25) is 6.08 Å². The number of carbonyl (C=O) groups excluding carboxylic acids is 2. The number of rotatable bonds is 3. The van der Waals surface area contributed by atoms with Gasteiger partial charge in [0.05, 0.1) is 13.2 Å². The van der Waals surface area contributed by atoms with Crippen molar-refractivity contribution in [2.75, 3.05) is 26.2 Å². The van der Waals surface area contributed by atoms with Crippen LogP contribution in [0.1, 0.15) is 19.8 Å². The summed E-state index contributed by atoms with van der Waals surface area (Å²) in [5.41, 5.74) is 0. The van der Waals surface area contributed by atoms with E-state index in [1.807, 2.05) is 0 Å². The fraction of sp³-hybridized carbons (Fsp3) is 0.800. The predicted octanol–water partition coefficient (Wildman–Crippen LogP) is 1.19. The molecule has 0 aliphatic carbocycles. The lowest BCUT2D eigenvalue weighted by Crippen LogP contribution is -2.39. The highest BCUT2D eigenvalue weighted by Crippen LogP contribution is 2.17. The molecule has 1 rings (SSSR count). The van der Waals surface area contributed by atoms with Crippen LogP contribution in [0.15, 0.2) is 4.99 Å². The molecular weight excluding hydrogens is 196 g/mol. The summed E-state index contributed by atoms with van der Waals surface area (Å²) < 4.78 is 4.90. The molecule has 5 nitrogen and oxygen atoms in total. The molecule has 0 radical (unpaired) electrons. The van der Waals surface area contributed by atoms with Crippen molar-refractivity contribution in [3.63, 3.8) is 0 Å². The zero-order valence-corrected chi connectivity index (χ0v) is 8.94. The minimum Gasteiger partial charge on any atom is -0.450 e. The first-order valence-corrected chi connectivity index (χ1v) is 5.23. The van der Waals surface area contributed by atoms with E-state index in [2.05, 4.69) is 4.99 Å². The van der Waals surface area contributed by atoms with Crippen LogP contribution in [-0.2, 0) is 9.53 Å². The summed E-state index contributed by atoms with van der Waals surface area (Å²) in [5, 5.41) is 0. The van der Waals surface area contributed by atoms with Crippen LogP contribution in [0.4, 0.5) is 4.79 Å². The van der Waals surface area contributed by atoms with Crippen molar-refractivity contribution in [1.82, 2.24) is 4.90 Å². The van der Waals surface area contributed by atoms with Crippen molar-refractivity contribution in [2.24, 2.45) is 10.9 Å². The van der Waals surface area contributed by atoms with Crippen molar-refractivity contribution >= 4 is 12.2 Å². The number of likely N-dealkylation sites (tertiary alicyclic amines) is 1. The Morgan fingerprint density at radius 2 is 2.20 bits per heavy atom. The van der Waals surface area contributed by atoms with Gasteiger partial charge in [0, 0.05) is 13.1 Å². The molecule has 0 aromatic rings. The van der Waals surface area contributed by atoms with Gasteiger partial charge < -0.3 is 9.64 Å². The van der Waals surface area contributed by atoms with Crippen molar-refractivity contribution < 1.29 is 14.3 Å². The van der Waals surface area contributed by atoms with E-state index in [4.69, 9.17) is 4.74 Å². The fourth-order valence-corrected chi connectivity index (χ4v) is 1.68. The number of aliphatic imine (C=N–C) groups is 1. The van der Waals surface area contributed by atoms with Gasteiger partial charge in [-0.2, -0.15) is 0 Å². The maximum atomic E-state index is 11.3. The normalized spacial score (nSPS) is 17.0. The quantitative estimate of drug-likeness (QED) is 0.521. The molecule has 1 amide bonds. The number of carbonyl (C=O) groups is 1. The van der Waals surface area contributed by atoms with E-state index in [1.54, 1.807) is 11.8 Å². The molecule has 84 valence electrons. The number of amides is 1. The second kappa shape index (κ2) is 6.19. The summed E-state index contributed by atoms with van der Waals surface area (Å²) >= 11 is 0. The largest absolute Gasteiger partial charge is 0.450 e. The average molecular weight is 212 g/mol. The van der Waals surface area contributed by atoms with Gasteiger partial charge in [-0.25, -0.2) is 14.6 Å². The van der Waals surface area contributed by atoms with Gasteiger partial charge in [0.15, 0.2) is 0 Å². The van der Waals surface area contributed by atoms with Crippen molar-refractivity contribution in [3.8, 4) is 0 Å². The van der Waals surface area contributed by atoms with Crippen LogP contribution < -0.4 is 0 Å². The molecule has 1 aliphatic heterocycles. The fourth-order valence-electron chi connectivity index (χ4n) is 1.68. The SMILES string of the molecule is CCOC(=O)N1CCC(CN=C=O)CC1. The molecule has 15 heavy (non-hydrogen) atoms. The molecule has 5 heteroatoms. The molecule has 1 saturated heterocycles. The van der Waals surface area contributed by atoms with Gasteiger partial charge in [-0.1, -0.05) is 0 Å². The second-order valence-electron chi connectivity index (χ2n) is 3.56. The van der Waals surface area contributed by atoms with E-state index in [0.29, 0.717) is 32.2 Å². The molecule has 1 fully saturated rings. The Morgan fingerprint density at radius 3 is 2.73 bits per heavy atom. The smallest absolute Gasteiger partial charge is 0.409 e. The average Bonchev–Trinajstić information content (AvgIpc) is 2.27. The van der Waals surface area contributed by atoms with E-state index >= 15 is 0 Å². The molecule has 0 saturated carbocycles. The Morgan fingerprint density at radius 1 is 1.53 bits per heavy atom. The van der Waals surface area contributed by atoms with Gasteiger partial charge in [0.1, 0.15) is 0 Å². The summed E-state index contributed by atoms with van der Waals surface area (Å²) in [6.45, 7) is 4.12. The minimum absolute atomic E-state index is 0.241. The van der Waals surface area contributed by atoms with Gasteiger partial charge in [-0.15, -0.1) is 0 Å². The molecule has 1 heterocycles. The third-order valence-electron chi connectivity index (χ3n) is 2.55. The molecule has 0 bridgehead atoms. The summed E-state index contributed by atoms with van der Waals surface area (Å²) in [4.78, 5) is 26.5. The lowest BCUT2D eigenvalue weighted by atomic mass is 9.97. The highest BCUT2D eigenvalue weighted by Gasteiger charge is 2.22. The lowest BCUT2D eigenvalue weighted by Gasteiger charge is -2.30. The summed E-state index contributed by atoms with van der Waals surface area (Å²) in [5.74, 6) is 0.400. The first-order valence-electron chi connectivity index (χ1n) is 5.23. The van der Waals surface area contributed by atoms with Crippen molar-refractivity contribution in [2.45, 2.75) is 19.8 Å². The van der Waals surface area contributed by atoms with E-state index in [-0.39, 0.29) is 6.09 Å². The number of nitrogens with zero attached hydrogens (tertiary/aromatic N) is 2. The third-order valence-corrected chi connectivity index (χ3v) is 2.55. The molecule has 0 unspecified atom stereocenters. The Labute approximate surface area is 89.1 Å². The van der Waals surface area contributed by atoms with Crippen molar-refractivity contribution in [3.05, 3.63) is 0 Å². The predicted molar refractivity (Wildman–Crippen MR) is 54.3 cm³/mol. The van der Waals surface area contributed by atoms with E-state index < -0.39 is 0 Å². The summed E-state index contributed by atoms with van der Waals surface area (Å²) in [7, 11) is 0. The van der Waals surface area contributed by atoms with Crippen LogP contribution >= 0.6 is 0 Å². The standard InChI is InChI=1S/C10H16N2O3/c1-2-15-10(14)12-5-3-9(4-6-12)7-11-8-13/h9H,2-7H2,1H3. The summed E-state index contributed by atoms with van der Waals surface area (Å²) in [6.07, 6.45) is 3.06. The Balaban J connectivity index is 2.28. The van der Waals surface area contributed by atoms with Crippen LogP contribution in [0.2, 0.25) is 0 Å². The highest BCUT2D eigenvalue weighted by molar-refractivity contribution is 5.67. The maximum Gasteiger partial charge on any atom is 0.409 e. The number of piperidine rings is 1. The number of isocyanates is 1. The van der Waals surface area contributed by atoms with Crippen LogP contribution in [0, 0.1) is 5.92 Å². The first kappa shape index (κ1) is 11.7. The molecule has 0 aromatic heterocycles. The zero-order chi connectivity index (χ0) is 11.1. The van der Waals surface area contributed by atoms with Crippen LogP contribution in [0.5, 0.6) is 0 Å². The van der Waals surface area contributed by atoms with Crippen molar-refractivity contribution in [1.29, 1.82) is 0 Å². The maximum absolute atomic E-state index is 11.3. The molecule has 0 atom stereocenters. The van der Waals surface area contributed by atoms with Crippen LogP contribution in [0.3, 0.4) is 0 Å². The zero-order valence-electron chi connectivity index (χ0n) is 8.94. The number of hydrogen-bond acceptors (Lipinski definition) is 4. The van der Waals surface area contributed by atoms with Gasteiger partial charge in [-0.3, -0.25) is 0 Å². The lowest BCUT2D eigenvalue weighted by molar-refractivity contribution is 0.0925. The summed E-state index contributed by atoms with van der Waals surface area (Å²) in [6, 6.07) is 0. The van der Waals surface area contributed by atoms with Gasteiger partial charge in [0.25, 0.3) is 0 Å². The molecule has 1 aliphatic rings. The second-order valence-corrected chi connectivity index (χ2v) is 3.56. The Hall–Kier alpha value is -1.35.